The Kier molecular flexibility index (Phi) is 6.09. The van der Waals surface area contributed by atoms with E-state index in [9.17, 15) is 4.79 Å². The second-order valence-corrected chi connectivity index (χ2v) is 9.28. The molecule has 5 aromatic rings. The Morgan fingerprint density at radius 3 is 2.50 bits per heavy atom. The molecule has 180 valence electrons. The molecule has 4 aromatic heterocycles. The molecule has 6 rings (SSSR count). The lowest BCUT2D eigenvalue weighted by molar-refractivity contribution is 0.214. The van der Waals surface area contributed by atoms with Crippen LogP contribution in [0.4, 0.5) is 0 Å². The minimum atomic E-state index is -0.177. The third-order valence-electron chi connectivity index (χ3n) is 7.09. The van der Waals surface area contributed by atoms with Crippen molar-refractivity contribution in [3.63, 3.8) is 0 Å². The Bertz CT molecular complexity index is 1520. The summed E-state index contributed by atoms with van der Waals surface area (Å²) in [6.07, 6.45) is 13.8. The number of fused-ring (bicyclic) bond motifs is 1. The Morgan fingerprint density at radius 1 is 0.917 bits per heavy atom. The maximum Gasteiger partial charge on any atom is 0.258 e. The van der Waals surface area contributed by atoms with Crippen LogP contribution >= 0.6 is 0 Å². The average molecular weight is 478 g/mol. The van der Waals surface area contributed by atoms with Crippen LogP contribution in [0.15, 0.2) is 84.6 Å². The molecule has 0 spiro atoms. The molecule has 1 aliphatic heterocycles. The molecular weight excluding hydrogens is 450 g/mol. The molecule has 0 atom stereocenters. The highest BCUT2D eigenvalue weighted by atomic mass is 16.1. The molecule has 0 aliphatic carbocycles. The summed E-state index contributed by atoms with van der Waals surface area (Å²) in [6, 6.07) is 14.8. The second kappa shape index (κ2) is 9.83. The molecule has 1 aliphatic rings. The first-order valence-corrected chi connectivity index (χ1v) is 12.3. The number of benzene rings is 1. The van der Waals surface area contributed by atoms with Crippen LogP contribution in [0.2, 0.25) is 0 Å². The number of aromatic amines is 1. The zero-order chi connectivity index (χ0) is 24.3. The molecular formula is C28H27N7O. The summed E-state index contributed by atoms with van der Waals surface area (Å²) in [6.45, 7) is 3.20. The standard InChI is InChI=1S/C28H27N7O/c36-28-25-7-13-30-27(26(25)31-19-32-28)35-18-20(17-33-35)8-14-34-15-9-24(10-16-34)22-3-1-21(2-4-22)23-5-11-29-12-6-23/h1-7,11-13,17-19,24H,8-10,14-16H2,(H,31,32,36). The predicted molar refractivity (Wildman–Crippen MR) is 139 cm³/mol. The van der Waals surface area contributed by atoms with Crippen molar-refractivity contribution in [2.45, 2.75) is 25.2 Å². The van der Waals surface area contributed by atoms with E-state index in [0.29, 0.717) is 22.6 Å². The van der Waals surface area contributed by atoms with Crippen LogP contribution in [0.1, 0.15) is 29.9 Å². The van der Waals surface area contributed by atoms with E-state index < -0.39 is 0 Å². The van der Waals surface area contributed by atoms with Crippen molar-refractivity contribution in [1.29, 1.82) is 0 Å². The molecule has 5 heterocycles. The fourth-order valence-corrected chi connectivity index (χ4v) is 5.03. The number of nitrogens with one attached hydrogen (secondary N) is 1. The van der Waals surface area contributed by atoms with Gasteiger partial charge in [-0.15, -0.1) is 0 Å². The summed E-state index contributed by atoms with van der Waals surface area (Å²) in [5, 5.41) is 5.00. The van der Waals surface area contributed by atoms with E-state index in [1.165, 1.54) is 35.9 Å². The first kappa shape index (κ1) is 22.3. The maximum absolute atomic E-state index is 12.1. The molecule has 1 saturated heterocycles. The molecule has 0 unspecified atom stereocenters. The van der Waals surface area contributed by atoms with E-state index in [2.05, 4.69) is 54.2 Å². The summed E-state index contributed by atoms with van der Waals surface area (Å²) in [5.74, 6) is 1.18. The van der Waals surface area contributed by atoms with Gasteiger partial charge in [0.15, 0.2) is 5.82 Å². The Hall–Kier alpha value is -4.17. The fourth-order valence-electron chi connectivity index (χ4n) is 5.03. The van der Waals surface area contributed by atoms with Crippen molar-refractivity contribution < 1.29 is 0 Å². The highest BCUT2D eigenvalue weighted by molar-refractivity contribution is 5.83. The van der Waals surface area contributed by atoms with E-state index >= 15 is 0 Å². The number of likely N-dealkylation sites (tertiary alicyclic amines) is 1. The monoisotopic (exact) mass is 477 g/mol. The van der Waals surface area contributed by atoms with Gasteiger partial charge in [-0.1, -0.05) is 24.3 Å². The summed E-state index contributed by atoms with van der Waals surface area (Å²) >= 11 is 0. The average Bonchev–Trinajstić information content (AvgIpc) is 3.42. The van der Waals surface area contributed by atoms with Gasteiger partial charge < -0.3 is 9.88 Å². The molecule has 8 nitrogen and oxygen atoms in total. The number of pyridine rings is 2. The SMILES string of the molecule is O=c1[nH]cnc2c(-n3cc(CCN4CCC(c5ccc(-c6ccncc6)cc5)CC4)cn3)nccc12. The van der Waals surface area contributed by atoms with Gasteiger partial charge in [-0.25, -0.2) is 14.6 Å². The molecule has 1 N–H and O–H groups in total. The van der Waals surface area contributed by atoms with Crippen LogP contribution in [0.3, 0.4) is 0 Å². The third kappa shape index (κ3) is 4.55. The molecule has 0 bridgehead atoms. The van der Waals surface area contributed by atoms with Gasteiger partial charge in [-0.2, -0.15) is 5.10 Å². The lowest BCUT2D eigenvalue weighted by Crippen LogP contribution is -2.34. The second-order valence-electron chi connectivity index (χ2n) is 9.28. The number of hydrogen-bond donors (Lipinski definition) is 1. The number of piperidine rings is 1. The van der Waals surface area contributed by atoms with Crippen LogP contribution < -0.4 is 5.56 Å². The van der Waals surface area contributed by atoms with Crippen molar-refractivity contribution in [3.8, 4) is 16.9 Å². The van der Waals surface area contributed by atoms with Gasteiger partial charge in [0.1, 0.15) is 5.52 Å². The highest BCUT2D eigenvalue weighted by Crippen LogP contribution is 2.30. The van der Waals surface area contributed by atoms with Gasteiger partial charge in [0, 0.05) is 31.3 Å². The fraction of sp³-hybridized carbons (Fsp3) is 0.250. The molecule has 0 radical (unpaired) electrons. The van der Waals surface area contributed by atoms with E-state index in [0.717, 1.165) is 31.6 Å². The van der Waals surface area contributed by atoms with Crippen LogP contribution in [-0.4, -0.2) is 54.3 Å². The third-order valence-corrected chi connectivity index (χ3v) is 7.09. The summed E-state index contributed by atoms with van der Waals surface area (Å²) < 4.78 is 1.71. The van der Waals surface area contributed by atoms with Gasteiger partial charge in [0.2, 0.25) is 0 Å². The molecule has 1 fully saturated rings. The number of hydrogen-bond acceptors (Lipinski definition) is 6. The molecule has 36 heavy (non-hydrogen) atoms. The minimum absolute atomic E-state index is 0.177. The van der Waals surface area contributed by atoms with Crippen molar-refractivity contribution in [3.05, 3.63) is 101 Å². The largest absolute Gasteiger partial charge is 0.313 e. The first-order valence-electron chi connectivity index (χ1n) is 12.3. The van der Waals surface area contributed by atoms with E-state index in [1.807, 2.05) is 36.9 Å². The quantitative estimate of drug-likeness (QED) is 0.398. The van der Waals surface area contributed by atoms with E-state index in [1.54, 1.807) is 16.9 Å². The predicted octanol–water partition coefficient (Wildman–Crippen LogP) is 3.99. The van der Waals surface area contributed by atoms with Gasteiger partial charge in [0.05, 0.1) is 17.9 Å². The van der Waals surface area contributed by atoms with Crippen LogP contribution in [-0.2, 0) is 6.42 Å². The van der Waals surface area contributed by atoms with Crippen molar-refractivity contribution >= 4 is 10.9 Å². The smallest absolute Gasteiger partial charge is 0.258 e. The van der Waals surface area contributed by atoms with Crippen LogP contribution in [0.25, 0.3) is 27.8 Å². The molecule has 0 saturated carbocycles. The van der Waals surface area contributed by atoms with Crippen molar-refractivity contribution in [2.75, 3.05) is 19.6 Å². The number of H-pyrrole nitrogens is 1. The van der Waals surface area contributed by atoms with Crippen molar-refractivity contribution in [1.82, 2.24) is 34.6 Å². The maximum atomic E-state index is 12.1. The zero-order valence-electron chi connectivity index (χ0n) is 19.9. The normalized spacial score (nSPS) is 14.9. The Labute approximate surface area is 208 Å². The zero-order valence-corrected chi connectivity index (χ0v) is 19.9. The lowest BCUT2D eigenvalue weighted by Gasteiger charge is -2.32. The van der Waals surface area contributed by atoms with Crippen LogP contribution in [0.5, 0.6) is 0 Å². The minimum Gasteiger partial charge on any atom is -0.313 e. The molecule has 1 aromatic carbocycles. The van der Waals surface area contributed by atoms with Gasteiger partial charge in [0.25, 0.3) is 5.56 Å². The van der Waals surface area contributed by atoms with Gasteiger partial charge in [-0.05, 0) is 78.7 Å². The Morgan fingerprint density at radius 2 is 1.69 bits per heavy atom. The summed E-state index contributed by atoms with van der Waals surface area (Å²) in [7, 11) is 0. The lowest BCUT2D eigenvalue weighted by atomic mass is 9.88. The summed E-state index contributed by atoms with van der Waals surface area (Å²) in [4.78, 5) is 30.0. The topological polar surface area (TPSA) is 92.6 Å². The van der Waals surface area contributed by atoms with Gasteiger partial charge >= 0.3 is 0 Å². The number of nitrogens with zero attached hydrogens (tertiary/aromatic N) is 6. The van der Waals surface area contributed by atoms with Gasteiger partial charge in [-0.3, -0.25) is 9.78 Å². The number of aromatic nitrogens is 6. The van der Waals surface area contributed by atoms with Crippen LogP contribution in [0, 0.1) is 0 Å². The summed E-state index contributed by atoms with van der Waals surface area (Å²) in [5.41, 5.74) is 5.39. The van der Waals surface area contributed by atoms with Crippen molar-refractivity contribution in [2.24, 2.45) is 0 Å². The Balaban J connectivity index is 1.05. The highest BCUT2D eigenvalue weighted by Gasteiger charge is 2.20. The number of rotatable bonds is 6. The van der Waals surface area contributed by atoms with E-state index in [-0.39, 0.29) is 5.56 Å². The van der Waals surface area contributed by atoms with E-state index in [4.69, 9.17) is 0 Å². The molecule has 8 heteroatoms. The molecule has 0 amide bonds. The first-order chi connectivity index (χ1) is 17.7.